The van der Waals surface area contributed by atoms with Crippen molar-refractivity contribution < 1.29 is 23.9 Å². The molecular formula is C23H32ClN3O5. The molecule has 4 amide bonds. The lowest BCUT2D eigenvalue weighted by atomic mass is 9.85. The van der Waals surface area contributed by atoms with Gasteiger partial charge < -0.3 is 19.7 Å². The van der Waals surface area contributed by atoms with E-state index in [4.69, 9.17) is 21.1 Å². The second kappa shape index (κ2) is 10.1. The third kappa shape index (κ3) is 4.86. The lowest BCUT2D eigenvalue weighted by Gasteiger charge is -2.35. The number of piperidine rings is 1. The lowest BCUT2D eigenvalue weighted by Crippen LogP contribution is -2.53. The lowest BCUT2D eigenvalue weighted by molar-refractivity contribution is -0.138. The Bertz CT molecular complexity index is 859. The van der Waals surface area contributed by atoms with Crippen LogP contribution in [-0.4, -0.2) is 62.2 Å². The maximum atomic E-state index is 13.1. The third-order valence-electron chi connectivity index (χ3n) is 6.50. The molecule has 1 aromatic rings. The van der Waals surface area contributed by atoms with E-state index in [-0.39, 0.29) is 18.9 Å². The SMILES string of the molecule is CCc1cc(C2CCN(C(=O)C(C)C[C@@]3(COC)NC(=O)NC3=O)CC2)cc(OC)c1Cl. The summed E-state index contributed by atoms with van der Waals surface area (Å²) in [4.78, 5) is 39.0. The minimum atomic E-state index is -1.21. The van der Waals surface area contributed by atoms with Crippen molar-refractivity contribution in [1.29, 1.82) is 0 Å². The first-order chi connectivity index (χ1) is 15.2. The summed E-state index contributed by atoms with van der Waals surface area (Å²) in [5.74, 6) is 0.106. The Morgan fingerprint density at radius 3 is 2.50 bits per heavy atom. The molecule has 2 heterocycles. The molecule has 176 valence electrons. The molecule has 0 radical (unpaired) electrons. The van der Waals surface area contributed by atoms with E-state index in [9.17, 15) is 14.4 Å². The van der Waals surface area contributed by atoms with Crippen molar-refractivity contribution in [1.82, 2.24) is 15.5 Å². The molecule has 0 bridgehead atoms. The topological polar surface area (TPSA) is 97.0 Å². The Labute approximate surface area is 193 Å². The third-order valence-corrected chi connectivity index (χ3v) is 6.93. The number of ether oxygens (including phenoxy) is 2. The van der Waals surface area contributed by atoms with Gasteiger partial charge in [0.05, 0.1) is 18.7 Å². The number of nitrogens with zero attached hydrogens (tertiary/aromatic N) is 1. The van der Waals surface area contributed by atoms with Gasteiger partial charge in [0.25, 0.3) is 5.91 Å². The molecule has 9 heteroatoms. The van der Waals surface area contributed by atoms with E-state index in [2.05, 4.69) is 23.6 Å². The van der Waals surface area contributed by atoms with Gasteiger partial charge in [-0.05, 0) is 48.8 Å². The second-order valence-corrected chi connectivity index (χ2v) is 9.06. The van der Waals surface area contributed by atoms with Crippen LogP contribution in [0.25, 0.3) is 0 Å². The number of nitrogens with one attached hydrogen (secondary N) is 2. The van der Waals surface area contributed by atoms with Gasteiger partial charge in [-0.3, -0.25) is 14.9 Å². The van der Waals surface area contributed by atoms with Crippen molar-refractivity contribution in [3.05, 3.63) is 28.3 Å². The zero-order valence-electron chi connectivity index (χ0n) is 19.1. The number of rotatable bonds is 8. The molecule has 2 N–H and O–H groups in total. The molecule has 1 aromatic carbocycles. The van der Waals surface area contributed by atoms with E-state index in [1.807, 2.05) is 11.0 Å². The van der Waals surface area contributed by atoms with E-state index in [1.54, 1.807) is 14.0 Å². The minimum Gasteiger partial charge on any atom is -0.495 e. The Morgan fingerprint density at radius 1 is 1.28 bits per heavy atom. The number of carbonyl (C=O) groups is 3. The Kier molecular flexibility index (Phi) is 7.67. The van der Waals surface area contributed by atoms with Crippen molar-refractivity contribution in [2.24, 2.45) is 5.92 Å². The van der Waals surface area contributed by atoms with Crippen LogP contribution in [0.4, 0.5) is 4.79 Å². The van der Waals surface area contributed by atoms with Crippen LogP contribution in [0.2, 0.25) is 5.02 Å². The summed E-state index contributed by atoms with van der Waals surface area (Å²) >= 11 is 6.40. The van der Waals surface area contributed by atoms with Gasteiger partial charge in [-0.2, -0.15) is 0 Å². The van der Waals surface area contributed by atoms with Crippen molar-refractivity contribution in [3.63, 3.8) is 0 Å². The van der Waals surface area contributed by atoms with Crippen molar-refractivity contribution >= 4 is 29.4 Å². The van der Waals surface area contributed by atoms with Gasteiger partial charge in [0.1, 0.15) is 11.3 Å². The van der Waals surface area contributed by atoms with Crippen LogP contribution in [0.5, 0.6) is 5.75 Å². The van der Waals surface area contributed by atoms with Crippen molar-refractivity contribution in [3.8, 4) is 5.75 Å². The highest BCUT2D eigenvalue weighted by atomic mass is 35.5. The number of hydrogen-bond donors (Lipinski definition) is 2. The Hall–Kier alpha value is -2.32. The number of urea groups is 1. The van der Waals surface area contributed by atoms with Crippen molar-refractivity contribution in [2.45, 2.75) is 51.0 Å². The van der Waals surface area contributed by atoms with E-state index in [1.165, 1.54) is 12.7 Å². The molecule has 0 aliphatic carbocycles. The molecule has 1 unspecified atom stereocenters. The van der Waals surface area contributed by atoms with Gasteiger partial charge in [0.15, 0.2) is 0 Å². The fourth-order valence-electron chi connectivity index (χ4n) is 4.75. The van der Waals surface area contributed by atoms with Gasteiger partial charge in [-0.15, -0.1) is 0 Å². The molecule has 2 aliphatic heterocycles. The summed E-state index contributed by atoms with van der Waals surface area (Å²) in [5, 5.41) is 5.55. The molecule has 32 heavy (non-hydrogen) atoms. The Balaban J connectivity index is 1.64. The van der Waals surface area contributed by atoms with E-state index < -0.39 is 23.4 Å². The summed E-state index contributed by atoms with van der Waals surface area (Å²) in [6.45, 7) is 5.15. The average Bonchev–Trinajstić information content (AvgIpc) is 3.06. The smallest absolute Gasteiger partial charge is 0.322 e. The first-order valence-electron chi connectivity index (χ1n) is 11.0. The monoisotopic (exact) mass is 465 g/mol. The minimum absolute atomic E-state index is 0.0163. The predicted molar refractivity (Wildman–Crippen MR) is 121 cm³/mol. The summed E-state index contributed by atoms with van der Waals surface area (Å²) < 4.78 is 10.6. The normalized spacial score (nSPS) is 22.5. The van der Waals surface area contributed by atoms with E-state index in [0.717, 1.165) is 24.8 Å². The molecule has 2 atom stereocenters. The molecule has 3 rings (SSSR count). The summed E-state index contributed by atoms with van der Waals surface area (Å²) in [5.41, 5.74) is 1.04. The van der Waals surface area contributed by atoms with Gasteiger partial charge >= 0.3 is 6.03 Å². The molecule has 0 saturated carbocycles. The standard InChI is InChI=1S/C23H32ClN3O5/c1-5-15-10-17(11-18(32-4)19(15)24)16-6-8-27(9-7-16)20(28)14(2)12-23(13-31-3)21(29)25-22(30)26-23/h10-11,14,16H,5-9,12-13H2,1-4H3,(H2,25,26,29,30)/t14?,23-/m0/s1. The number of aryl methyl sites for hydroxylation is 1. The summed E-state index contributed by atoms with van der Waals surface area (Å²) in [6, 6.07) is 3.59. The number of carbonyl (C=O) groups excluding carboxylic acids is 3. The number of hydrogen-bond acceptors (Lipinski definition) is 5. The van der Waals surface area contributed by atoms with Gasteiger partial charge in [-0.1, -0.05) is 31.5 Å². The van der Waals surface area contributed by atoms with Crippen molar-refractivity contribution in [2.75, 3.05) is 33.9 Å². The summed E-state index contributed by atoms with van der Waals surface area (Å²) in [7, 11) is 3.09. The number of amides is 4. The van der Waals surface area contributed by atoms with Crippen LogP contribution in [-0.2, 0) is 20.7 Å². The molecule has 0 aromatic heterocycles. The van der Waals surface area contributed by atoms with Crippen LogP contribution >= 0.6 is 11.6 Å². The van der Waals surface area contributed by atoms with Crippen LogP contribution in [0.1, 0.15) is 50.2 Å². The number of halogens is 1. The zero-order valence-corrected chi connectivity index (χ0v) is 19.9. The highest BCUT2D eigenvalue weighted by Crippen LogP contribution is 2.37. The second-order valence-electron chi connectivity index (χ2n) is 8.68. The van der Waals surface area contributed by atoms with Crippen LogP contribution in [0, 0.1) is 5.92 Å². The van der Waals surface area contributed by atoms with Crippen LogP contribution < -0.4 is 15.4 Å². The first-order valence-corrected chi connectivity index (χ1v) is 11.4. The highest BCUT2D eigenvalue weighted by molar-refractivity contribution is 6.32. The quantitative estimate of drug-likeness (QED) is 0.575. The number of likely N-dealkylation sites (tertiary alicyclic amines) is 1. The number of benzene rings is 1. The van der Waals surface area contributed by atoms with Gasteiger partial charge in [0.2, 0.25) is 5.91 Å². The molecule has 2 aliphatic rings. The zero-order chi connectivity index (χ0) is 23.5. The molecular weight excluding hydrogens is 434 g/mol. The molecule has 2 fully saturated rings. The van der Waals surface area contributed by atoms with Crippen LogP contribution in [0.15, 0.2) is 12.1 Å². The number of methoxy groups -OCH3 is 2. The molecule has 0 spiro atoms. The number of imide groups is 1. The summed E-state index contributed by atoms with van der Waals surface area (Å²) in [6.07, 6.45) is 2.69. The fourth-order valence-corrected chi connectivity index (χ4v) is 5.07. The van der Waals surface area contributed by atoms with E-state index >= 15 is 0 Å². The fraction of sp³-hybridized carbons (Fsp3) is 0.609. The maximum absolute atomic E-state index is 13.1. The predicted octanol–water partition coefficient (Wildman–Crippen LogP) is 2.87. The molecule has 2 saturated heterocycles. The highest BCUT2D eigenvalue weighted by Gasteiger charge is 2.48. The van der Waals surface area contributed by atoms with Gasteiger partial charge in [-0.25, -0.2) is 4.79 Å². The largest absolute Gasteiger partial charge is 0.495 e. The molecule has 8 nitrogen and oxygen atoms in total. The van der Waals surface area contributed by atoms with E-state index in [0.29, 0.717) is 29.8 Å². The Morgan fingerprint density at radius 2 is 1.97 bits per heavy atom. The van der Waals surface area contributed by atoms with Gasteiger partial charge in [0, 0.05) is 26.1 Å². The average molecular weight is 466 g/mol. The van der Waals surface area contributed by atoms with Crippen LogP contribution in [0.3, 0.4) is 0 Å². The maximum Gasteiger partial charge on any atom is 0.322 e. The first kappa shape index (κ1) is 24.3.